The Hall–Kier alpha value is -4.25. The first-order chi connectivity index (χ1) is 18.0. The maximum absolute atomic E-state index is 15.5. The number of para-hydroxylation sites is 1. The second-order valence-electron chi connectivity index (χ2n) is 9.40. The van der Waals surface area contributed by atoms with Gasteiger partial charge >= 0.3 is 6.09 Å². The van der Waals surface area contributed by atoms with E-state index in [0.29, 0.717) is 48.5 Å². The van der Waals surface area contributed by atoms with Crippen LogP contribution in [0.2, 0.25) is 0 Å². The number of halogens is 1. The van der Waals surface area contributed by atoms with Crippen molar-refractivity contribution in [1.29, 1.82) is 0 Å². The number of benzene rings is 2. The molecule has 11 heteroatoms. The van der Waals surface area contributed by atoms with Crippen LogP contribution in [-0.2, 0) is 0 Å². The highest BCUT2D eigenvalue weighted by atomic mass is 19.1. The first-order valence-electron chi connectivity index (χ1n) is 12.2. The summed E-state index contributed by atoms with van der Waals surface area (Å²) in [6.07, 6.45) is -0.237. The lowest BCUT2D eigenvalue weighted by atomic mass is 9.98. The van der Waals surface area contributed by atoms with Gasteiger partial charge in [-0.2, -0.15) is 5.10 Å². The van der Waals surface area contributed by atoms with E-state index in [-0.39, 0.29) is 18.4 Å². The van der Waals surface area contributed by atoms with E-state index in [4.69, 9.17) is 20.7 Å². The zero-order valence-electron chi connectivity index (χ0n) is 19.9. The number of likely N-dealkylation sites (tertiary alicyclic amines) is 2. The number of nitrogens with zero attached hydrogens (tertiary/aromatic N) is 6. The molecule has 0 saturated carbocycles. The fourth-order valence-electron chi connectivity index (χ4n) is 5.10. The SMILES string of the molecule is Nc1ncnc2c1c(-c1ccc(Oc3ccccc3)cc1)nn2[C@H]1CCN(C2CN(C(=O)O)C2)C[C@@H]1F. The molecule has 2 atom stereocenters. The molecule has 0 aliphatic carbocycles. The Morgan fingerprint density at radius 2 is 1.76 bits per heavy atom. The number of nitrogens with two attached hydrogens (primary N) is 1. The number of aromatic nitrogens is 4. The summed E-state index contributed by atoms with van der Waals surface area (Å²) in [5.41, 5.74) is 8.12. The number of amides is 1. The minimum absolute atomic E-state index is 0.0508. The van der Waals surface area contributed by atoms with Gasteiger partial charge in [-0.05, 0) is 42.8 Å². The molecule has 3 N–H and O–H groups in total. The highest BCUT2D eigenvalue weighted by Crippen LogP contribution is 2.36. The standard InChI is InChI=1S/C26H26FN7O3/c27-20-14-32(17-12-33(13-17)26(35)36)11-10-21(20)34-25-22(24(28)29-15-30-25)23(31-34)16-6-8-19(9-7-16)37-18-4-2-1-3-5-18/h1-9,15,17,20-21H,10-14H2,(H,35,36)(H2,28,29,30)/t20-,21-/m0/s1. The first kappa shape index (κ1) is 23.2. The summed E-state index contributed by atoms with van der Waals surface area (Å²) in [4.78, 5) is 23.0. The van der Waals surface area contributed by atoms with Crippen molar-refractivity contribution in [2.45, 2.75) is 24.7 Å². The van der Waals surface area contributed by atoms with Crippen LogP contribution in [-0.4, -0.2) is 79.1 Å². The number of carboxylic acid groups (broad SMARTS) is 1. The number of anilines is 1. The summed E-state index contributed by atoms with van der Waals surface area (Å²) >= 11 is 0. The summed E-state index contributed by atoms with van der Waals surface area (Å²) < 4.78 is 23.1. The van der Waals surface area contributed by atoms with Crippen molar-refractivity contribution in [2.24, 2.45) is 0 Å². The molecule has 10 nitrogen and oxygen atoms in total. The van der Waals surface area contributed by atoms with Gasteiger partial charge in [0.05, 0.1) is 11.4 Å². The van der Waals surface area contributed by atoms with Crippen molar-refractivity contribution in [2.75, 3.05) is 31.9 Å². The molecule has 6 rings (SSSR count). The van der Waals surface area contributed by atoms with Crippen LogP contribution in [0.15, 0.2) is 60.9 Å². The van der Waals surface area contributed by atoms with Crippen molar-refractivity contribution in [3.63, 3.8) is 0 Å². The molecule has 0 radical (unpaired) electrons. The number of ether oxygens (including phenoxy) is 1. The van der Waals surface area contributed by atoms with Crippen LogP contribution in [0.25, 0.3) is 22.3 Å². The van der Waals surface area contributed by atoms with Gasteiger partial charge in [0.25, 0.3) is 0 Å². The van der Waals surface area contributed by atoms with Gasteiger partial charge in [0, 0.05) is 37.8 Å². The van der Waals surface area contributed by atoms with Crippen molar-refractivity contribution in [1.82, 2.24) is 29.5 Å². The Morgan fingerprint density at radius 3 is 2.46 bits per heavy atom. The molecule has 2 aliphatic rings. The second-order valence-corrected chi connectivity index (χ2v) is 9.40. The number of piperidine rings is 1. The average Bonchev–Trinajstić information content (AvgIpc) is 3.25. The van der Waals surface area contributed by atoms with Crippen molar-refractivity contribution in [3.05, 3.63) is 60.9 Å². The van der Waals surface area contributed by atoms with E-state index in [9.17, 15) is 4.79 Å². The third-order valence-corrected chi connectivity index (χ3v) is 7.13. The highest BCUT2D eigenvalue weighted by molar-refractivity contribution is 5.98. The average molecular weight is 504 g/mol. The summed E-state index contributed by atoms with van der Waals surface area (Å²) in [6, 6.07) is 16.5. The highest BCUT2D eigenvalue weighted by Gasteiger charge is 2.40. The molecule has 0 unspecified atom stereocenters. The van der Waals surface area contributed by atoms with Gasteiger partial charge in [-0.15, -0.1) is 0 Å². The Labute approximate surface area is 212 Å². The first-order valence-corrected chi connectivity index (χ1v) is 12.2. The van der Waals surface area contributed by atoms with Crippen LogP contribution in [0.4, 0.5) is 15.0 Å². The molecule has 0 spiro atoms. The molecular weight excluding hydrogens is 477 g/mol. The third kappa shape index (κ3) is 4.31. The van der Waals surface area contributed by atoms with Gasteiger partial charge in [0.2, 0.25) is 0 Å². The summed E-state index contributed by atoms with van der Waals surface area (Å²) in [5.74, 6) is 1.70. The molecule has 2 aromatic carbocycles. The summed E-state index contributed by atoms with van der Waals surface area (Å²) in [5, 5.41) is 14.5. The van der Waals surface area contributed by atoms with Crippen LogP contribution in [0.3, 0.4) is 0 Å². The number of hydrogen-bond acceptors (Lipinski definition) is 7. The lowest BCUT2D eigenvalue weighted by Gasteiger charge is -2.47. The van der Waals surface area contributed by atoms with Gasteiger partial charge in [-0.25, -0.2) is 23.8 Å². The maximum atomic E-state index is 15.5. The van der Waals surface area contributed by atoms with Crippen LogP contribution in [0.1, 0.15) is 12.5 Å². The largest absolute Gasteiger partial charge is 0.465 e. The van der Waals surface area contributed by atoms with E-state index in [0.717, 1.165) is 11.3 Å². The van der Waals surface area contributed by atoms with E-state index >= 15 is 4.39 Å². The smallest absolute Gasteiger partial charge is 0.407 e. The Morgan fingerprint density at radius 1 is 1.03 bits per heavy atom. The minimum Gasteiger partial charge on any atom is -0.465 e. The number of nitrogen functional groups attached to an aromatic ring is 1. The van der Waals surface area contributed by atoms with Crippen LogP contribution in [0, 0.1) is 0 Å². The van der Waals surface area contributed by atoms with Gasteiger partial charge in [0.15, 0.2) is 5.65 Å². The van der Waals surface area contributed by atoms with Crippen LogP contribution < -0.4 is 10.5 Å². The van der Waals surface area contributed by atoms with Gasteiger partial charge in [0.1, 0.15) is 35.5 Å². The maximum Gasteiger partial charge on any atom is 0.407 e. The van der Waals surface area contributed by atoms with Gasteiger partial charge in [-0.1, -0.05) is 18.2 Å². The minimum atomic E-state index is -1.19. The van der Waals surface area contributed by atoms with E-state index in [1.165, 1.54) is 11.2 Å². The van der Waals surface area contributed by atoms with Crippen LogP contribution >= 0.6 is 0 Å². The second kappa shape index (κ2) is 9.32. The van der Waals surface area contributed by atoms with E-state index in [1.54, 1.807) is 4.68 Å². The quantitative estimate of drug-likeness (QED) is 0.422. The van der Waals surface area contributed by atoms with Crippen LogP contribution in [0.5, 0.6) is 11.5 Å². The molecule has 37 heavy (non-hydrogen) atoms. The summed E-state index contributed by atoms with van der Waals surface area (Å²) in [6.45, 7) is 1.68. The number of hydrogen-bond donors (Lipinski definition) is 2. The van der Waals surface area contributed by atoms with Crippen molar-refractivity contribution < 1.29 is 19.0 Å². The molecule has 2 aromatic heterocycles. The number of fused-ring (bicyclic) bond motifs is 1. The molecule has 2 fully saturated rings. The van der Waals surface area contributed by atoms with E-state index in [2.05, 4.69) is 9.97 Å². The van der Waals surface area contributed by atoms with E-state index in [1.807, 2.05) is 59.5 Å². The zero-order valence-corrected chi connectivity index (χ0v) is 19.9. The molecule has 2 saturated heterocycles. The van der Waals surface area contributed by atoms with Gasteiger partial charge in [-0.3, -0.25) is 4.90 Å². The molecule has 1 amide bonds. The number of alkyl halides is 1. The Bertz CT molecular complexity index is 1420. The fraction of sp³-hybridized carbons (Fsp3) is 0.308. The molecule has 4 aromatic rings. The zero-order chi connectivity index (χ0) is 25.5. The fourth-order valence-corrected chi connectivity index (χ4v) is 5.10. The van der Waals surface area contributed by atoms with Crippen molar-refractivity contribution >= 4 is 22.9 Å². The molecular formula is C26H26FN7O3. The van der Waals surface area contributed by atoms with E-state index < -0.39 is 18.3 Å². The van der Waals surface area contributed by atoms with Gasteiger partial charge < -0.3 is 20.5 Å². The lowest BCUT2D eigenvalue weighted by Crippen LogP contribution is -2.63. The summed E-state index contributed by atoms with van der Waals surface area (Å²) in [7, 11) is 0. The monoisotopic (exact) mass is 503 g/mol. The van der Waals surface area contributed by atoms with Crippen molar-refractivity contribution in [3.8, 4) is 22.8 Å². The molecule has 190 valence electrons. The normalized spacial score (nSPS) is 20.6. The lowest BCUT2D eigenvalue weighted by molar-refractivity contribution is -0.00565. The topological polar surface area (TPSA) is 123 Å². The predicted octanol–water partition coefficient (Wildman–Crippen LogP) is 3.81. The Kier molecular flexibility index (Phi) is 5.84. The molecule has 4 heterocycles. The molecule has 0 bridgehead atoms. The predicted molar refractivity (Wildman–Crippen MR) is 135 cm³/mol. The Balaban J connectivity index is 1.26. The number of rotatable bonds is 5. The third-order valence-electron chi connectivity index (χ3n) is 7.13. The number of carbonyl (C=O) groups is 1. The molecule has 2 aliphatic heterocycles.